The quantitative estimate of drug-likeness (QED) is 0.942. The molecule has 1 aliphatic rings. The van der Waals surface area contributed by atoms with Gasteiger partial charge in [-0.05, 0) is 23.3 Å². The molecule has 4 heteroatoms. The summed E-state index contributed by atoms with van der Waals surface area (Å²) in [5, 5.41) is 9.29. The molecule has 1 saturated heterocycles. The Bertz CT molecular complexity index is 632. The number of piperazine rings is 1. The number of phenolic OH excluding ortho intramolecular Hbond substituents is 1. The van der Waals surface area contributed by atoms with E-state index in [0.29, 0.717) is 6.42 Å². The van der Waals surface area contributed by atoms with E-state index in [0.717, 1.165) is 38.3 Å². The Kier molecular flexibility index (Phi) is 4.93. The first-order valence-electron chi connectivity index (χ1n) is 8.03. The van der Waals surface area contributed by atoms with Crippen molar-refractivity contribution >= 4 is 5.91 Å². The van der Waals surface area contributed by atoms with Crippen molar-refractivity contribution in [1.29, 1.82) is 0 Å². The van der Waals surface area contributed by atoms with E-state index in [1.807, 2.05) is 11.0 Å². The summed E-state index contributed by atoms with van der Waals surface area (Å²) >= 11 is 0. The maximum Gasteiger partial charge on any atom is 0.227 e. The van der Waals surface area contributed by atoms with Gasteiger partial charge in [0.25, 0.3) is 0 Å². The van der Waals surface area contributed by atoms with Gasteiger partial charge >= 0.3 is 0 Å². The molecule has 1 aliphatic heterocycles. The Hall–Kier alpha value is -2.33. The highest BCUT2D eigenvalue weighted by molar-refractivity contribution is 5.78. The Morgan fingerprint density at radius 3 is 2.17 bits per heavy atom. The first-order chi connectivity index (χ1) is 11.2. The van der Waals surface area contributed by atoms with Crippen LogP contribution in [-0.4, -0.2) is 47.0 Å². The summed E-state index contributed by atoms with van der Waals surface area (Å²) < 4.78 is 0. The molecule has 120 valence electrons. The van der Waals surface area contributed by atoms with E-state index in [1.54, 1.807) is 24.3 Å². The van der Waals surface area contributed by atoms with Crippen LogP contribution < -0.4 is 0 Å². The zero-order valence-electron chi connectivity index (χ0n) is 13.2. The number of rotatable bonds is 4. The highest BCUT2D eigenvalue weighted by Gasteiger charge is 2.21. The van der Waals surface area contributed by atoms with Gasteiger partial charge in [-0.2, -0.15) is 0 Å². The van der Waals surface area contributed by atoms with Gasteiger partial charge in [-0.3, -0.25) is 9.69 Å². The Morgan fingerprint density at radius 1 is 0.870 bits per heavy atom. The lowest BCUT2D eigenvalue weighted by Gasteiger charge is -2.34. The van der Waals surface area contributed by atoms with Crippen LogP contribution >= 0.6 is 0 Å². The van der Waals surface area contributed by atoms with Crippen molar-refractivity contribution in [1.82, 2.24) is 9.80 Å². The predicted molar refractivity (Wildman–Crippen MR) is 90.1 cm³/mol. The fraction of sp³-hybridized carbons (Fsp3) is 0.316. The molecular weight excluding hydrogens is 288 g/mol. The van der Waals surface area contributed by atoms with E-state index >= 15 is 0 Å². The highest BCUT2D eigenvalue weighted by atomic mass is 16.3. The molecule has 0 aliphatic carbocycles. The zero-order valence-corrected chi connectivity index (χ0v) is 13.2. The van der Waals surface area contributed by atoms with Gasteiger partial charge in [-0.25, -0.2) is 0 Å². The molecule has 1 amide bonds. The molecule has 0 radical (unpaired) electrons. The van der Waals surface area contributed by atoms with E-state index in [1.165, 1.54) is 5.56 Å². The van der Waals surface area contributed by atoms with Crippen molar-refractivity contribution in [3.63, 3.8) is 0 Å². The average Bonchev–Trinajstić information content (AvgIpc) is 2.58. The van der Waals surface area contributed by atoms with Crippen LogP contribution in [0.4, 0.5) is 0 Å². The smallest absolute Gasteiger partial charge is 0.227 e. The lowest BCUT2D eigenvalue weighted by atomic mass is 10.1. The van der Waals surface area contributed by atoms with Crippen LogP contribution in [0.3, 0.4) is 0 Å². The Labute approximate surface area is 137 Å². The number of phenols is 1. The molecule has 3 rings (SSSR count). The molecule has 0 saturated carbocycles. The topological polar surface area (TPSA) is 43.8 Å². The van der Waals surface area contributed by atoms with Crippen LogP contribution in [0.25, 0.3) is 0 Å². The summed E-state index contributed by atoms with van der Waals surface area (Å²) in [4.78, 5) is 16.7. The first kappa shape index (κ1) is 15.6. The van der Waals surface area contributed by atoms with Gasteiger partial charge in [0.2, 0.25) is 5.91 Å². The van der Waals surface area contributed by atoms with E-state index in [9.17, 15) is 9.90 Å². The minimum atomic E-state index is 0.162. The molecule has 0 aromatic heterocycles. The molecule has 4 nitrogen and oxygen atoms in total. The standard InChI is InChI=1S/C19H22N2O2/c22-18-8-6-16(7-9-18)14-19(23)21-12-10-20(11-13-21)15-17-4-2-1-3-5-17/h1-9,22H,10-15H2. The summed E-state index contributed by atoms with van der Waals surface area (Å²) in [5.74, 6) is 0.394. The highest BCUT2D eigenvalue weighted by Crippen LogP contribution is 2.13. The molecule has 0 bridgehead atoms. The molecule has 2 aromatic rings. The number of aromatic hydroxyl groups is 1. The largest absolute Gasteiger partial charge is 0.508 e. The third-order valence-electron chi connectivity index (χ3n) is 4.27. The van der Waals surface area contributed by atoms with E-state index < -0.39 is 0 Å². The minimum Gasteiger partial charge on any atom is -0.508 e. The van der Waals surface area contributed by atoms with Crippen molar-refractivity contribution in [3.8, 4) is 5.75 Å². The molecule has 2 aromatic carbocycles. The predicted octanol–water partition coefficient (Wildman–Crippen LogP) is 2.28. The maximum absolute atomic E-state index is 12.4. The number of hydrogen-bond donors (Lipinski definition) is 1. The fourth-order valence-electron chi connectivity index (χ4n) is 2.90. The van der Waals surface area contributed by atoms with Crippen LogP contribution in [0.5, 0.6) is 5.75 Å². The lowest BCUT2D eigenvalue weighted by molar-refractivity contribution is -0.132. The van der Waals surface area contributed by atoms with Gasteiger partial charge in [-0.1, -0.05) is 42.5 Å². The number of hydrogen-bond acceptors (Lipinski definition) is 3. The molecule has 1 N–H and O–H groups in total. The van der Waals surface area contributed by atoms with E-state index in [2.05, 4.69) is 29.2 Å². The van der Waals surface area contributed by atoms with Crippen LogP contribution in [0.2, 0.25) is 0 Å². The van der Waals surface area contributed by atoms with E-state index in [-0.39, 0.29) is 11.7 Å². The SMILES string of the molecule is O=C(Cc1ccc(O)cc1)N1CCN(Cc2ccccc2)CC1. The van der Waals surface area contributed by atoms with Crippen LogP contribution in [-0.2, 0) is 17.8 Å². The Morgan fingerprint density at radius 2 is 1.52 bits per heavy atom. The second-order valence-electron chi connectivity index (χ2n) is 5.99. The van der Waals surface area contributed by atoms with Gasteiger partial charge in [0, 0.05) is 32.7 Å². The third-order valence-corrected chi connectivity index (χ3v) is 4.27. The summed E-state index contributed by atoms with van der Waals surface area (Å²) in [6.45, 7) is 4.33. The van der Waals surface area contributed by atoms with Crippen LogP contribution in [0, 0.1) is 0 Å². The Balaban J connectivity index is 1.48. The lowest BCUT2D eigenvalue weighted by Crippen LogP contribution is -2.48. The normalized spacial score (nSPS) is 15.6. The number of carbonyl (C=O) groups excluding carboxylic acids is 1. The van der Waals surface area contributed by atoms with Gasteiger partial charge < -0.3 is 10.0 Å². The number of carbonyl (C=O) groups is 1. The molecule has 0 unspecified atom stereocenters. The molecule has 1 heterocycles. The number of nitrogens with zero attached hydrogens (tertiary/aromatic N) is 2. The van der Waals surface area contributed by atoms with Crippen molar-refractivity contribution in [2.75, 3.05) is 26.2 Å². The number of benzene rings is 2. The first-order valence-corrected chi connectivity index (χ1v) is 8.03. The average molecular weight is 310 g/mol. The third kappa shape index (κ3) is 4.33. The fourth-order valence-corrected chi connectivity index (χ4v) is 2.90. The van der Waals surface area contributed by atoms with Crippen molar-refractivity contribution < 1.29 is 9.90 Å². The van der Waals surface area contributed by atoms with Gasteiger partial charge in [0.1, 0.15) is 5.75 Å². The molecule has 1 fully saturated rings. The van der Waals surface area contributed by atoms with Crippen molar-refractivity contribution in [2.24, 2.45) is 0 Å². The summed E-state index contributed by atoms with van der Waals surface area (Å²) in [5.41, 5.74) is 2.26. The summed E-state index contributed by atoms with van der Waals surface area (Å²) in [7, 11) is 0. The monoisotopic (exact) mass is 310 g/mol. The molecular formula is C19H22N2O2. The van der Waals surface area contributed by atoms with Crippen LogP contribution in [0.15, 0.2) is 54.6 Å². The molecule has 0 atom stereocenters. The second-order valence-corrected chi connectivity index (χ2v) is 5.99. The maximum atomic E-state index is 12.4. The van der Waals surface area contributed by atoms with E-state index in [4.69, 9.17) is 0 Å². The van der Waals surface area contributed by atoms with Gasteiger partial charge in [0.05, 0.1) is 6.42 Å². The second kappa shape index (κ2) is 7.29. The molecule has 0 spiro atoms. The summed E-state index contributed by atoms with van der Waals surface area (Å²) in [6.07, 6.45) is 0.402. The zero-order chi connectivity index (χ0) is 16.1. The van der Waals surface area contributed by atoms with Gasteiger partial charge in [0.15, 0.2) is 0 Å². The summed E-state index contributed by atoms with van der Waals surface area (Å²) in [6, 6.07) is 17.3. The molecule has 23 heavy (non-hydrogen) atoms. The van der Waals surface area contributed by atoms with Crippen molar-refractivity contribution in [2.45, 2.75) is 13.0 Å². The number of amides is 1. The van der Waals surface area contributed by atoms with Crippen molar-refractivity contribution in [3.05, 3.63) is 65.7 Å². The van der Waals surface area contributed by atoms with Gasteiger partial charge in [-0.15, -0.1) is 0 Å². The van der Waals surface area contributed by atoms with Crippen LogP contribution in [0.1, 0.15) is 11.1 Å². The minimum absolute atomic E-state index is 0.162.